The van der Waals surface area contributed by atoms with E-state index in [0.29, 0.717) is 18.5 Å². The van der Waals surface area contributed by atoms with Crippen molar-refractivity contribution < 1.29 is 4.39 Å². The van der Waals surface area contributed by atoms with Crippen LogP contribution in [0.5, 0.6) is 0 Å². The van der Waals surface area contributed by atoms with Gasteiger partial charge in [-0.1, -0.05) is 25.8 Å². The first-order valence-electron chi connectivity index (χ1n) is 7.72. The molecule has 2 N–H and O–H groups in total. The molecule has 3 atom stereocenters. The Bertz CT molecular complexity index is 447. The minimum absolute atomic E-state index is 0.108. The second kappa shape index (κ2) is 6.68. The molecule has 0 amide bonds. The molecule has 1 fully saturated rings. The molecule has 1 aromatic rings. The minimum Gasteiger partial charge on any atom is -0.329 e. The molecule has 1 aliphatic carbocycles. The Hall–Kier alpha value is -0.930. The van der Waals surface area contributed by atoms with E-state index in [9.17, 15) is 4.39 Å². The predicted octanol–water partition coefficient (Wildman–Crippen LogP) is 3.64. The fraction of sp³-hybridized carbons (Fsp3) is 0.647. The Labute approximate surface area is 122 Å². The molecule has 0 bridgehead atoms. The van der Waals surface area contributed by atoms with Crippen LogP contribution in [-0.2, 0) is 0 Å². The fourth-order valence-corrected chi connectivity index (χ4v) is 3.62. The van der Waals surface area contributed by atoms with E-state index in [4.69, 9.17) is 5.73 Å². The van der Waals surface area contributed by atoms with E-state index in [1.807, 2.05) is 13.0 Å². The van der Waals surface area contributed by atoms with Gasteiger partial charge in [0.25, 0.3) is 0 Å². The topological polar surface area (TPSA) is 29.3 Å². The molecule has 3 heteroatoms. The summed E-state index contributed by atoms with van der Waals surface area (Å²) in [5.74, 6) is 0.519. The van der Waals surface area contributed by atoms with Crippen molar-refractivity contribution in [1.82, 2.24) is 4.90 Å². The first-order valence-corrected chi connectivity index (χ1v) is 7.72. The lowest BCUT2D eigenvalue weighted by Crippen LogP contribution is -2.43. The van der Waals surface area contributed by atoms with Gasteiger partial charge in [0.15, 0.2) is 0 Å². The Morgan fingerprint density at radius 2 is 2.05 bits per heavy atom. The van der Waals surface area contributed by atoms with Crippen LogP contribution in [0.15, 0.2) is 18.2 Å². The number of benzene rings is 1. The molecule has 2 rings (SSSR count). The Morgan fingerprint density at radius 1 is 1.35 bits per heavy atom. The SMILES string of the molecule is Cc1ccc(F)cc1C(CN)N(C)C1CCCCC1C. The molecule has 0 spiro atoms. The third-order valence-corrected chi connectivity index (χ3v) is 4.90. The largest absolute Gasteiger partial charge is 0.329 e. The van der Waals surface area contributed by atoms with Gasteiger partial charge in [0.05, 0.1) is 0 Å². The number of likely N-dealkylation sites (N-methyl/N-ethyl adjacent to an activating group) is 1. The second-order valence-electron chi connectivity index (χ2n) is 6.25. The minimum atomic E-state index is -0.172. The summed E-state index contributed by atoms with van der Waals surface area (Å²) in [6.45, 7) is 4.89. The van der Waals surface area contributed by atoms with Crippen LogP contribution < -0.4 is 5.73 Å². The van der Waals surface area contributed by atoms with Crippen molar-refractivity contribution in [2.75, 3.05) is 13.6 Å². The summed E-state index contributed by atoms with van der Waals surface area (Å²) in [6.07, 6.45) is 5.13. The van der Waals surface area contributed by atoms with Crippen LogP contribution in [0, 0.1) is 18.7 Å². The summed E-state index contributed by atoms with van der Waals surface area (Å²) in [4.78, 5) is 2.38. The monoisotopic (exact) mass is 278 g/mol. The average Bonchev–Trinajstić information content (AvgIpc) is 2.44. The van der Waals surface area contributed by atoms with Gasteiger partial charge < -0.3 is 5.73 Å². The van der Waals surface area contributed by atoms with Crippen molar-refractivity contribution in [1.29, 1.82) is 0 Å². The molecule has 1 saturated carbocycles. The van der Waals surface area contributed by atoms with Gasteiger partial charge in [-0.2, -0.15) is 0 Å². The molecule has 0 saturated heterocycles. The van der Waals surface area contributed by atoms with Crippen molar-refractivity contribution in [3.63, 3.8) is 0 Å². The van der Waals surface area contributed by atoms with Crippen LogP contribution in [0.2, 0.25) is 0 Å². The fourth-order valence-electron chi connectivity index (χ4n) is 3.62. The standard InChI is InChI=1S/C17H27FN2/c1-12-8-9-14(18)10-15(12)17(11-19)20(3)16-7-5-4-6-13(16)2/h8-10,13,16-17H,4-7,11,19H2,1-3H3. The third kappa shape index (κ3) is 3.21. The number of hydrogen-bond donors (Lipinski definition) is 1. The highest BCUT2D eigenvalue weighted by Gasteiger charge is 2.30. The number of aryl methyl sites for hydroxylation is 1. The Morgan fingerprint density at radius 3 is 2.70 bits per heavy atom. The molecule has 112 valence electrons. The average molecular weight is 278 g/mol. The molecule has 1 aromatic carbocycles. The first kappa shape index (κ1) is 15.5. The lowest BCUT2D eigenvalue weighted by molar-refractivity contribution is 0.0988. The van der Waals surface area contributed by atoms with E-state index in [0.717, 1.165) is 11.1 Å². The molecule has 0 heterocycles. The summed E-state index contributed by atoms with van der Waals surface area (Å²) >= 11 is 0. The number of rotatable bonds is 4. The summed E-state index contributed by atoms with van der Waals surface area (Å²) in [5, 5.41) is 0. The zero-order valence-corrected chi connectivity index (χ0v) is 12.9. The van der Waals surface area contributed by atoms with Crippen LogP contribution in [0.1, 0.15) is 49.8 Å². The summed E-state index contributed by atoms with van der Waals surface area (Å²) in [5.41, 5.74) is 8.17. The van der Waals surface area contributed by atoms with Gasteiger partial charge in [-0.15, -0.1) is 0 Å². The number of halogens is 1. The van der Waals surface area contributed by atoms with Crippen molar-refractivity contribution in [2.24, 2.45) is 11.7 Å². The third-order valence-electron chi connectivity index (χ3n) is 4.90. The van der Waals surface area contributed by atoms with Gasteiger partial charge in [-0.05, 0) is 56.0 Å². The molecular weight excluding hydrogens is 251 g/mol. The van der Waals surface area contributed by atoms with Crippen LogP contribution in [-0.4, -0.2) is 24.5 Å². The number of nitrogens with two attached hydrogens (primary N) is 1. The van der Waals surface area contributed by atoms with Gasteiger partial charge in [0.1, 0.15) is 5.82 Å². The van der Waals surface area contributed by atoms with Gasteiger partial charge in [0.2, 0.25) is 0 Å². The maximum atomic E-state index is 13.6. The quantitative estimate of drug-likeness (QED) is 0.911. The molecular formula is C17H27FN2. The maximum absolute atomic E-state index is 13.6. The normalized spacial score (nSPS) is 24.9. The van der Waals surface area contributed by atoms with Crippen LogP contribution >= 0.6 is 0 Å². The summed E-state index contributed by atoms with van der Waals surface area (Å²) in [7, 11) is 2.15. The predicted molar refractivity (Wildman–Crippen MR) is 82.1 cm³/mol. The van der Waals surface area contributed by atoms with Gasteiger partial charge in [0, 0.05) is 18.6 Å². The molecule has 0 aliphatic heterocycles. The second-order valence-corrected chi connectivity index (χ2v) is 6.25. The van der Waals surface area contributed by atoms with Crippen LogP contribution in [0.3, 0.4) is 0 Å². The zero-order chi connectivity index (χ0) is 14.7. The van der Waals surface area contributed by atoms with Crippen molar-refractivity contribution in [2.45, 2.75) is 51.6 Å². The van der Waals surface area contributed by atoms with Gasteiger partial charge in [-0.25, -0.2) is 4.39 Å². The zero-order valence-electron chi connectivity index (χ0n) is 12.9. The molecule has 0 aromatic heterocycles. The van der Waals surface area contributed by atoms with E-state index in [1.54, 1.807) is 6.07 Å². The van der Waals surface area contributed by atoms with Gasteiger partial charge in [-0.3, -0.25) is 4.90 Å². The molecule has 3 unspecified atom stereocenters. The lowest BCUT2D eigenvalue weighted by atomic mass is 9.83. The number of nitrogens with zero attached hydrogens (tertiary/aromatic N) is 1. The van der Waals surface area contributed by atoms with E-state index < -0.39 is 0 Å². The highest BCUT2D eigenvalue weighted by atomic mass is 19.1. The summed E-state index contributed by atoms with van der Waals surface area (Å²) < 4.78 is 13.6. The van der Waals surface area contributed by atoms with Crippen molar-refractivity contribution in [3.05, 3.63) is 35.1 Å². The lowest BCUT2D eigenvalue weighted by Gasteiger charge is -2.41. The maximum Gasteiger partial charge on any atom is 0.123 e. The van der Waals surface area contributed by atoms with Crippen LogP contribution in [0.4, 0.5) is 4.39 Å². The number of hydrogen-bond acceptors (Lipinski definition) is 2. The molecule has 2 nitrogen and oxygen atoms in total. The van der Waals surface area contributed by atoms with Crippen molar-refractivity contribution in [3.8, 4) is 0 Å². The van der Waals surface area contributed by atoms with E-state index in [2.05, 4.69) is 18.9 Å². The van der Waals surface area contributed by atoms with Gasteiger partial charge >= 0.3 is 0 Å². The van der Waals surface area contributed by atoms with Crippen LogP contribution in [0.25, 0.3) is 0 Å². The first-order chi connectivity index (χ1) is 9.54. The molecule has 1 aliphatic rings. The Kier molecular flexibility index (Phi) is 5.17. The van der Waals surface area contributed by atoms with E-state index >= 15 is 0 Å². The van der Waals surface area contributed by atoms with E-state index in [-0.39, 0.29) is 11.9 Å². The highest BCUT2D eigenvalue weighted by molar-refractivity contribution is 5.30. The summed E-state index contributed by atoms with van der Waals surface area (Å²) in [6, 6.07) is 5.69. The smallest absolute Gasteiger partial charge is 0.123 e. The Balaban J connectivity index is 2.24. The molecule has 20 heavy (non-hydrogen) atoms. The molecule has 0 radical (unpaired) electrons. The highest BCUT2D eigenvalue weighted by Crippen LogP contribution is 2.33. The van der Waals surface area contributed by atoms with E-state index in [1.165, 1.54) is 31.7 Å². The van der Waals surface area contributed by atoms with Crippen molar-refractivity contribution >= 4 is 0 Å².